The summed E-state index contributed by atoms with van der Waals surface area (Å²) in [6, 6.07) is 5.08. The summed E-state index contributed by atoms with van der Waals surface area (Å²) < 4.78 is 10.7. The second kappa shape index (κ2) is 7.35. The van der Waals surface area contributed by atoms with Crippen molar-refractivity contribution in [1.29, 1.82) is 0 Å². The van der Waals surface area contributed by atoms with Crippen molar-refractivity contribution in [2.75, 3.05) is 19.8 Å². The molecule has 23 heavy (non-hydrogen) atoms. The molecule has 6 heteroatoms. The summed E-state index contributed by atoms with van der Waals surface area (Å²) in [7, 11) is 0. The van der Waals surface area contributed by atoms with Crippen molar-refractivity contribution in [2.45, 2.75) is 33.2 Å². The second-order valence-electron chi connectivity index (χ2n) is 5.92. The van der Waals surface area contributed by atoms with Crippen molar-refractivity contribution in [1.82, 2.24) is 4.90 Å². The summed E-state index contributed by atoms with van der Waals surface area (Å²) in [6.45, 7) is 6.71. The highest BCUT2D eigenvalue weighted by atomic mass is 16.5. The third-order valence-electron chi connectivity index (χ3n) is 3.89. The number of rotatable bonds is 6. The highest BCUT2D eigenvalue weighted by Crippen LogP contribution is 2.31. The van der Waals surface area contributed by atoms with Gasteiger partial charge in [-0.25, -0.2) is 4.79 Å². The fourth-order valence-electron chi connectivity index (χ4n) is 2.92. The van der Waals surface area contributed by atoms with E-state index in [9.17, 15) is 9.59 Å². The Morgan fingerprint density at radius 3 is 2.57 bits per heavy atom. The predicted octanol–water partition coefficient (Wildman–Crippen LogP) is 2.42. The topological polar surface area (TPSA) is 76.1 Å². The average Bonchev–Trinajstić information content (AvgIpc) is 2.84. The zero-order chi connectivity index (χ0) is 17.0. The first-order valence-corrected chi connectivity index (χ1v) is 7.84. The van der Waals surface area contributed by atoms with Gasteiger partial charge in [0.1, 0.15) is 0 Å². The summed E-state index contributed by atoms with van der Waals surface area (Å²) in [5.41, 5.74) is 0.525. The molecule has 1 aromatic rings. The van der Waals surface area contributed by atoms with Gasteiger partial charge in [-0.3, -0.25) is 4.79 Å². The van der Waals surface area contributed by atoms with Crippen LogP contribution in [0.5, 0.6) is 11.5 Å². The molecule has 0 spiro atoms. The Morgan fingerprint density at radius 1 is 1.26 bits per heavy atom. The Labute approximate surface area is 136 Å². The van der Waals surface area contributed by atoms with E-state index in [2.05, 4.69) is 13.8 Å². The summed E-state index contributed by atoms with van der Waals surface area (Å²) in [4.78, 5) is 25.2. The van der Waals surface area contributed by atoms with Crippen LogP contribution in [0.15, 0.2) is 18.2 Å². The molecule has 1 aliphatic rings. The van der Waals surface area contributed by atoms with E-state index in [-0.39, 0.29) is 11.9 Å². The number of aliphatic carboxylic acids is 1. The number of ether oxygens (including phenoxy) is 2. The van der Waals surface area contributed by atoms with Crippen LogP contribution in [0.4, 0.5) is 0 Å². The fraction of sp³-hybridized carbons (Fsp3) is 0.529. The van der Waals surface area contributed by atoms with Crippen molar-refractivity contribution in [2.24, 2.45) is 5.92 Å². The van der Waals surface area contributed by atoms with Gasteiger partial charge < -0.3 is 19.5 Å². The van der Waals surface area contributed by atoms with Crippen molar-refractivity contribution in [3.8, 4) is 11.5 Å². The van der Waals surface area contributed by atoms with Crippen LogP contribution in [0.3, 0.4) is 0 Å². The second-order valence-corrected chi connectivity index (χ2v) is 5.92. The van der Waals surface area contributed by atoms with Crippen LogP contribution in [0, 0.1) is 5.92 Å². The quantitative estimate of drug-likeness (QED) is 0.871. The third-order valence-corrected chi connectivity index (χ3v) is 3.89. The molecule has 1 saturated heterocycles. The third kappa shape index (κ3) is 4.15. The number of carboxylic acid groups (broad SMARTS) is 1. The molecule has 1 fully saturated rings. The highest BCUT2D eigenvalue weighted by Gasteiger charge is 2.30. The summed E-state index contributed by atoms with van der Waals surface area (Å²) in [5.74, 6) is 0.117. The monoisotopic (exact) mass is 321 g/mol. The molecule has 0 saturated carbocycles. The van der Waals surface area contributed by atoms with Gasteiger partial charge in [-0.05, 0) is 44.4 Å². The van der Waals surface area contributed by atoms with Crippen LogP contribution in [0.1, 0.15) is 37.6 Å². The number of benzene rings is 1. The van der Waals surface area contributed by atoms with Gasteiger partial charge in [0, 0.05) is 18.2 Å². The molecule has 6 nitrogen and oxygen atoms in total. The lowest BCUT2D eigenvalue weighted by Crippen LogP contribution is -2.33. The van der Waals surface area contributed by atoms with Crippen LogP contribution in [-0.2, 0) is 4.79 Å². The fourth-order valence-corrected chi connectivity index (χ4v) is 2.92. The van der Waals surface area contributed by atoms with Gasteiger partial charge in [-0.2, -0.15) is 0 Å². The highest BCUT2D eigenvalue weighted by molar-refractivity contribution is 5.95. The molecule has 0 radical (unpaired) electrons. The van der Waals surface area contributed by atoms with Gasteiger partial charge in [0.2, 0.25) is 0 Å². The van der Waals surface area contributed by atoms with Crippen molar-refractivity contribution in [3.63, 3.8) is 0 Å². The molecule has 2 rings (SSSR count). The molecule has 0 aromatic heterocycles. The molecular formula is C17H23NO5. The number of likely N-dealkylation sites (tertiary alicyclic amines) is 1. The lowest BCUT2D eigenvalue weighted by atomic mass is 10.1. The number of carboxylic acids is 1. The first-order valence-electron chi connectivity index (χ1n) is 7.84. The van der Waals surface area contributed by atoms with Gasteiger partial charge in [-0.15, -0.1) is 0 Å². The maximum Gasteiger partial charge on any atom is 0.341 e. The van der Waals surface area contributed by atoms with Crippen LogP contribution >= 0.6 is 0 Å². The Morgan fingerprint density at radius 2 is 2.00 bits per heavy atom. The van der Waals surface area contributed by atoms with E-state index in [4.69, 9.17) is 14.6 Å². The Balaban J connectivity index is 2.20. The van der Waals surface area contributed by atoms with Gasteiger partial charge in [0.05, 0.1) is 6.61 Å². The maximum absolute atomic E-state index is 12.7. The van der Waals surface area contributed by atoms with Crippen LogP contribution in [0.25, 0.3) is 0 Å². The molecule has 2 unspecified atom stereocenters. The summed E-state index contributed by atoms with van der Waals surface area (Å²) >= 11 is 0. The lowest BCUT2D eigenvalue weighted by molar-refractivity contribution is -0.139. The molecule has 1 aromatic carbocycles. The van der Waals surface area contributed by atoms with E-state index in [1.807, 2.05) is 11.8 Å². The van der Waals surface area contributed by atoms with Crippen LogP contribution in [0.2, 0.25) is 0 Å². The minimum absolute atomic E-state index is 0.0346. The molecule has 1 heterocycles. The predicted molar refractivity (Wildman–Crippen MR) is 85.0 cm³/mol. The SMILES string of the molecule is CCOc1cc(C(=O)N2CC(C)CC2C)ccc1OCC(=O)O. The number of amides is 1. The molecule has 2 atom stereocenters. The molecule has 0 aliphatic carbocycles. The largest absolute Gasteiger partial charge is 0.490 e. The number of hydrogen-bond donors (Lipinski definition) is 1. The van der Waals surface area contributed by atoms with Gasteiger partial charge in [0.25, 0.3) is 5.91 Å². The standard InChI is InChI=1S/C17H23NO5/c1-4-22-15-8-13(5-6-14(15)23-10-16(19)20)17(21)18-9-11(2)7-12(18)3/h5-6,8,11-12H,4,7,9-10H2,1-3H3,(H,19,20). The molecular weight excluding hydrogens is 298 g/mol. The van der Waals surface area contributed by atoms with E-state index in [1.54, 1.807) is 18.2 Å². The summed E-state index contributed by atoms with van der Waals surface area (Å²) in [5, 5.41) is 8.71. The number of nitrogens with zero attached hydrogens (tertiary/aromatic N) is 1. The van der Waals surface area contributed by atoms with E-state index in [0.29, 0.717) is 29.6 Å². The zero-order valence-corrected chi connectivity index (χ0v) is 13.7. The van der Waals surface area contributed by atoms with Gasteiger partial charge >= 0.3 is 5.97 Å². The first kappa shape index (κ1) is 17.1. The lowest BCUT2D eigenvalue weighted by Gasteiger charge is -2.22. The molecule has 1 amide bonds. The Hall–Kier alpha value is -2.24. The summed E-state index contributed by atoms with van der Waals surface area (Å²) in [6.07, 6.45) is 1.00. The van der Waals surface area contributed by atoms with E-state index in [0.717, 1.165) is 13.0 Å². The molecule has 1 aliphatic heterocycles. The average molecular weight is 321 g/mol. The van der Waals surface area contributed by atoms with Crippen molar-refractivity contribution >= 4 is 11.9 Å². The molecule has 126 valence electrons. The van der Waals surface area contributed by atoms with Crippen molar-refractivity contribution in [3.05, 3.63) is 23.8 Å². The van der Waals surface area contributed by atoms with Crippen LogP contribution < -0.4 is 9.47 Å². The number of hydrogen-bond acceptors (Lipinski definition) is 4. The Bertz CT molecular complexity index is 586. The minimum Gasteiger partial charge on any atom is -0.490 e. The number of carbonyl (C=O) groups is 2. The molecule has 0 bridgehead atoms. The zero-order valence-electron chi connectivity index (χ0n) is 13.7. The smallest absolute Gasteiger partial charge is 0.341 e. The van der Waals surface area contributed by atoms with Gasteiger partial charge in [-0.1, -0.05) is 6.92 Å². The first-order chi connectivity index (χ1) is 10.9. The molecule has 1 N–H and O–H groups in total. The Kier molecular flexibility index (Phi) is 5.47. The van der Waals surface area contributed by atoms with E-state index in [1.165, 1.54) is 0 Å². The van der Waals surface area contributed by atoms with Gasteiger partial charge in [0.15, 0.2) is 18.1 Å². The van der Waals surface area contributed by atoms with E-state index < -0.39 is 12.6 Å². The van der Waals surface area contributed by atoms with E-state index >= 15 is 0 Å². The minimum atomic E-state index is -1.06. The normalized spacial score (nSPS) is 20.4. The van der Waals surface area contributed by atoms with Crippen molar-refractivity contribution < 1.29 is 24.2 Å². The van der Waals surface area contributed by atoms with Crippen LogP contribution in [-0.4, -0.2) is 47.7 Å². The number of carbonyl (C=O) groups excluding carboxylic acids is 1. The maximum atomic E-state index is 12.7.